The third-order valence-electron chi connectivity index (χ3n) is 6.05. The van der Waals surface area contributed by atoms with E-state index in [2.05, 4.69) is 4.98 Å². The maximum atomic E-state index is 13.4. The predicted octanol–water partition coefficient (Wildman–Crippen LogP) is 2.85. The van der Waals surface area contributed by atoms with Crippen LogP contribution in [0.25, 0.3) is 27.2 Å². The molecule has 5 aromatic rings. The van der Waals surface area contributed by atoms with Crippen LogP contribution < -0.4 is 10.5 Å². The number of nitrogens with zero attached hydrogens (tertiary/aromatic N) is 6. The lowest BCUT2D eigenvalue weighted by Crippen LogP contribution is -2.40. The van der Waals surface area contributed by atoms with Gasteiger partial charge >= 0.3 is 0 Å². The van der Waals surface area contributed by atoms with Gasteiger partial charge in [0.05, 0.1) is 17.3 Å². The Kier molecular flexibility index (Phi) is 3.63. The zero-order valence-electron chi connectivity index (χ0n) is 17.0. The van der Waals surface area contributed by atoms with Crippen LogP contribution in [0.3, 0.4) is 0 Å². The fraction of sp³-hybridized carbons (Fsp3) is 0. The van der Waals surface area contributed by atoms with E-state index in [0.717, 1.165) is 9.30 Å². The first kappa shape index (κ1) is 19.1. The molecule has 0 saturated carbocycles. The second-order valence-electron chi connectivity index (χ2n) is 7.67. The summed E-state index contributed by atoms with van der Waals surface area (Å²) >= 11 is 0. The number of nitriles is 3. The summed E-state index contributed by atoms with van der Waals surface area (Å²) in [4.78, 5) is 45.4. The van der Waals surface area contributed by atoms with Crippen molar-refractivity contribution in [1.82, 2.24) is 9.38 Å². The molecule has 9 nitrogen and oxygen atoms in total. The molecular formula is C25H8N6O3. The van der Waals surface area contributed by atoms with Crippen LogP contribution in [0.4, 0.5) is 5.69 Å². The van der Waals surface area contributed by atoms with Crippen LogP contribution in [0, 0.1) is 34.0 Å². The molecule has 2 aromatic heterocycles. The molecule has 9 heteroatoms. The van der Waals surface area contributed by atoms with Gasteiger partial charge in [-0.1, -0.05) is 0 Å². The van der Waals surface area contributed by atoms with Gasteiger partial charge in [-0.05, 0) is 48.5 Å². The van der Waals surface area contributed by atoms with Crippen LogP contribution in [0.5, 0.6) is 0 Å². The number of carbonyl (C=O) groups excluding carboxylic acids is 2. The summed E-state index contributed by atoms with van der Waals surface area (Å²) < 4.78 is 1.09. The highest BCUT2D eigenvalue weighted by atomic mass is 16.2. The van der Waals surface area contributed by atoms with Crippen molar-refractivity contribution in [3.8, 4) is 18.2 Å². The monoisotopic (exact) mass is 440 g/mol. The van der Waals surface area contributed by atoms with Crippen LogP contribution >= 0.6 is 0 Å². The molecule has 34 heavy (non-hydrogen) atoms. The predicted molar refractivity (Wildman–Crippen MR) is 119 cm³/mol. The molecule has 0 spiro atoms. The molecular weight excluding hydrogens is 432 g/mol. The normalized spacial score (nSPS) is 12.8. The first-order valence-corrected chi connectivity index (χ1v) is 9.96. The van der Waals surface area contributed by atoms with E-state index in [1.54, 1.807) is 12.1 Å². The van der Waals surface area contributed by atoms with E-state index in [9.17, 15) is 24.9 Å². The van der Waals surface area contributed by atoms with Crippen LogP contribution in [-0.4, -0.2) is 21.2 Å². The van der Waals surface area contributed by atoms with Crippen molar-refractivity contribution in [3.05, 3.63) is 87.0 Å². The third-order valence-corrected chi connectivity index (χ3v) is 6.05. The van der Waals surface area contributed by atoms with Crippen molar-refractivity contribution in [2.45, 2.75) is 0 Å². The SMILES string of the molecule is N#Cc1ccc(N2C(=O)c3ccc4c(=O)n5c(C#N)c(C#N)nc5c5ccc(c3c45)C2=O)cc1. The fourth-order valence-electron chi connectivity index (χ4n) is 4.57. The van der Waals surface area contributed by atoms with Crippen molar-refractivity contribution in [2.24, 2.45) is 0 Å². The van der Waals surface area contributed by atoms with Gasteiger partial charge in [-0.3, -0.25) is 14.4 Å². The highest BCUT2D eigenvalue weighted by Crippen LogP contribution is 2.38. The summed E-state index contributed by atoms with van der Waals surface area (Å²) in [6, 6.07) is 17.9. The Bertz CT molecular complexity index is 1930. The molecule has 0 saturated heterocycles. The van der Waals surface area contributed by atoms with Crippen molar-refractivity contribution >= 4 is 44.7 Å². The smallest absolute Gasteiger partial charge is 0.265 e. The number of benzene rings is 3. The third kappa shape index (κ3) is 2.18. The summed E-state index contributed by atoms with van der Waals surface area (Å²) in [6.45, 7) is 0. The number of hydrogen-bond donors (Lipinski definition) is 0. The highest BCUT2D eigenvalue weighted by Gasteiger charge is 2.35. The van der Waals surface area contributed by atoms with Crippen LogP contribution in [0.1, 0.15) is 37.7 Å². The molecule has 1 aliphatic rings. The summed E-state index contributed by atoms with van der Waals surface area (Å²) in [5.74, 6) is -1.13. The Hall–Kier alpha value is -5.59. The van der Waals surface area contributed by atoms with Crippen LogP contribution in [0.15, 0.2) is 53.3 Å². The standard InChI is InChI=1S/C25H8N6O3/c26-9-12-1-3-13(4-2-12)30-23(32)16-6-5-14-20-15(7-8-17(21(16)20)24(30)33)25(34)31-19(11-28)18(10-27)29-22(14)31/h1-8H. The van der Waals surface area contributed by atoms with Gasteiger partial charge in [0.15, 0.2) is 11.4 Å². The quantitative estimate of drug-likeness (QED) is 0.365. The summed E-state index contributed by atoms with van der Waals surface area (Å²) in [5.41, 5.74) is 0.374. The Labute approximate surface area is 189 Å². The number of anilines is 1. The first-order valence-electron chi connectivity index (χ1n) is 9.96. The van der Waals surface area contributed by atoms with E-state index in [4.69, 9.17) is 5.26 Å². The number of aromatic nitrogens is 2. The molecule has 0 bridgehead atoms. The van der Waals surface area contributed by atoms with Crippen molar-refractivity contribution in [3.63, 3.8) is 0 Å². The largest absolute Gasteiger partial charge is 0.268 e. The topological polar surface area (TPSA) is 143 Å². The lowest BCUT2D eigenvalue weighted by molar-refractivity contribution is 0.0893. The Morgan fingerprint density at radius 3 is 1.94 bits per heavy atom. The number of hydrogen-bond acceptors (Lipinski definition) is 7. The van der Waals surface area contributed by atoms with Crippen molar-refractivity contribution < 1.29 is 9.59 Å². The van der Waals surface area contributed by atoms with Gasteiger partial charge in [0.25, 0.3) is 17.4 Å². The number of rotatable bonds is 1. The van der Waals surface area contributed by atoms with Gasteiger partial charge in [0.1, 0.15) is 17.8 Å². The molecule has 0 unspecified atom stereocenters. The van der Waals surface area contributed by atoms with E-state index in [0.29, 0.717) is 27.4 Å². The average Bonchev–Trinajstić information content (AvgIpc) is 3.25. The molecule has 1 aliphatic heterocycles. The summed E-state index contributed by atoms with van der Waals surface area (Å²) in [6.07, 6.45) is 0. The molecule has 3 heterocycles. The van der Waals surface area contributed by atoms with E-state index in [-0.39, 0.29) is 33.5 Å². The van der Waals surface area contributed by atoms with Crippen LogP contribution in [0.2, 0.25) is 0 Å². The maximum absolute atomic E-state index is 13.4. The zero-order chi connectivity index (χ0) is 23.7. The van der Waals surface area contributed by atoms with Crippen LogP contribution in [-0.2, 0) is 0 Å². The number of imidazole rings is 1. The molecule has 2 amide bonds. The fourth-order valence-corrected chi connectivity index (χ4v) is 4.57. The number of carbonyl (C=O) groups is 2. The second-order valence-corrected chi connectivity index (χ2v) is 7.67. The lowest BCUT2D eigenvalue weighted by atomic mass is 9.90. The number of fused-ring (bicyclic) bond motifs is 2. The molecule has 0 fully saturated rings. The van der Waals surface area contributed by atoms with Gasteiger partial charge in [-0.2, -0.15) is 15.8 Å². The molecule has 0 atom stereocenters. The summed E-state index contributed by atoms with van der Waals surface area (Å²) in [5, 5.41) is 29.3. The Morgan fingerprint density at radius 1 is 0.706 bits per heavy atom. The van der Waals surface area contributed by atoms with Gasteiger partial charge in [-0.15, -0.1) is 0 Å². The van der Waals surface area contributed by atoms with Crippen molar-refractivity contribution in [2.75, 3.05) is 4.90 Å². The molecule has 0 radical (unpaired) electrons. The number of amides is 2. The maximum Gasteiger partial charge on any atom is 0.265 e. The van der Waals surface area contributed by atoms with Gasteiger partial charge in [0, 0.05) is 32.7 Å². The van der Waals surface area contributed by atoms with E-state index in [1.165, 1.54) is 36.4 Å². The van der Waals surface area contributed by atoms with Gasteiger partial charge < -0.3 is 0 Å². The Morgan fingerprint density at radius 2 is 1.35 bits per heavy atom. The molecule has 156 valence electrons. The molecule has 3 aromatic carbocycles. The minimum absolute atomic E-state index is 0.115. The average molecular weight is 440 g/mol. The Balaban J connectivity index is 1.71. The second kappa shape index (κ2) is 6.46. The van der Waals surface area contributed by atoms with Gasteiger partial charge in [0.2, 0.25) is 0 Å². The van der Waals surface area contributed by atoms with Gasteiger partial charge in [-0.25, -0.2) is 14.3 Å². The first-order chi connectivity index (χ1) is 16.5. The molecule has 0 N–H and O–H groups in total. The minimum atomic E-state index is -0.567. The summed E-state index contributed by atoms with van der Waals surface area (Å²) in [7, 11) is 0. The van der Waals surface area contributed by atoms with E-state index < -0.39 is 17.4 Å². The lowest BCUT2D eigenvalue weighted by Gasteiger charge is -2.28. The molecule has 0 aliphatic carbocycles. The van der Waals surface area contributed by atoms with E-state index in [1.807, 2.05) is 18.2 Å². The van der Waals surface area contributed by atoms with E-state index >= 15 is 0 Å². The zero-order valence-corrected chi connectivity index (χ0v) is 17.0. The van der Waals surface area contributed by atoms with Crippen molar-refractivity contribution in [1.29, 1.82) is 15.8 Å². The highest BCUT2D eigenvalue weighted by molar-refractivity contribution is 6.38. The number of pyridine rings is 1. The minimum Gasteiger partial charge on any atom is -0.268 e. The number of imide groups is 1. The molecule has 6 rings (SSSR count).